The average molecular weight is 263 g/mol. The Hall–Kier alpha value is -1.25. The van der Waals surface area contributed by atoms with Crippen LogP contribution in [0.25, 0.3) is 0 Å². The van der Waals surface area contributed by atoms with Gasteiger partial charge in [0.05, 0.1) is 0 Å². The number of rotatable bonds is 3. The van der Waals surface area contributed by atoms with Gasteiger partial charge < -0.3 is 0 Å². The summed E-state index contributed by atoms with van der Waals surface area (Å²) in [6.07, 6.45) is 1.99. The third kappa shape index (κ3) is 2.90. The highest BCUT2D eigenvalue weighted by Gasteiger charge is 2.08. The van der Waals surface area contributed by atoms with E-state index in [0.29, 0.717) is 16.1 Å². The molecule has 2 rings (SSSR count). The van der Waals surface area contributed by atoms with Crippen LogP contribution in [0, 0.1) is 0 Å². The van der Waals surface area contributed by atoms with Crippen molar-refractivity contribution in [2.24, 2.45) is 0 Å². The summed E-state index contributed by atoms with van der Waals surface area (Å²) in [5.74, 6) is 0.0255. The van der Waals surface area contributed by atoms with Crippen molar-refractivity contribution in [2.45, 2.75) is 4.90 Å². The highest BCUT2D eigenvalue weighted by molar-refractivity contribution is 7.98. The molecule has 0 spiro atoms. The van der Waals surface area contributed by atoms with Crippen molar-refractivity contribution in [3.63, 3.8) is 0 Å². The van der Waals surface area contributed by atoms with Gasteiger partial charge in [-0.15, -0.1) is 11.8 Å². The molecular formula is C14H11ClOS. The molecule has 0 saturated heterocycles. The number of thioether (sulfide) groups is 1. The Balaban J connectivity index is 2.33. The predicted octanol–water partition coefficient (Wildman–Crippen LogP) is 4.29. The van der Waals surface area contributed by atoms with Crippen molar-refractivity contribution in [3.05, 3.63) is 64.7 Å². The molecule has 0 aliphatic carbocycles. The minimum Gasteiger partial charge on any atom is -0.289 e. The molecule has 0 radical (unpaired) electrons. The van der Waals surface area contributed by atoms with Crippen LogP contribution in [-0.2, 0) is 0 Å². The Morgan fingerprint density at radius 2 is 1.76 bits per heavy atom. The van der Waals surface area contributed by atoms with Gasteiger partial charge in [0.2, 0.25) is 0 Å². The molecule has 17 heavy (non-hydrogen) atoms. The molecule has 2 aromatic rings. The van der Waals surface area contributed by atoms with Gasteiger partial charge in [0, 0.05) is 21.0 Å². The van der Waals surface area contributed by atoms with E-state index in [1.807, 2.05) is 30.5 Å². The van der Waals surface area contributed by atoms with Gasteiger partial charge in [-0.25, -0.2) is 0 Å². The summed E-state index contributed by atoms with van der Waals surface area (Å²) in [4.78, 5) is 13.3. The third-order valence-corrected chi connectivity index (χ3v) is 3.42. The summed E-state index contributed by atoms with van der Waals surface area (Å²) in [7, 11) is 0. The molecule has 0 atom stereocenters. The number of carbonyl (C=O) groups is 1. The van der Waals surface area contributed by atoms with E-state index in [0.717, 1.165) is 4.90 Å². The van der Waals surface area contributed by atoms with E-state index < -0.39 is 0 Å². The maximum Gasteiger partial charge on any atom is 0.193 e. The Morgan fingerprint density at radius 1 is 1.06 bits per heavy atom. The van der Waals surface area contributed by atoms with Gasteiger partial charge >= 0.3 is 0 Å². The zero-order valence-corrected chi connectivity index (χ0v) is 10.9. The van der Waals surface area contributed by atoms with Crippen LogP contribution in [0.1, 0.15) is 15.9 Å². The van der Waals surface area contributed by atoms with E-state index in [1.54, 1.807) is 36.0 Å². The zero-order chi connectivity index (χ0) is 12.3. The molecule has 0 heterocycles. The van der Waals surface area contributed by atoms with Crippen LogP contribution >= 0.6 is 23.4 Å². The number of benzene rings is 2. The summed E-state index contributed by atoms with van der Waals surface area (Å²) < 4.78 is 0. The molecule has 0 amide bonds. The summed E-state index contributed by atoms with van der Waals surface area (Å²) in [5, 5.41) is 0.638. The van der Waals surface area contributed by atoms with Crippen molar-refractivity contribution >= 4 is 29.1 Å². The third-order valence-electron chi connectivity index (χ3n) is 2.44. The molecular weight excluding hydrogens is 252 g/mol. The van der Waals surface area contributed by atoms with Gasteiger partial charge in [-0.1, -0.05) is 23.7 Å². The van der Waals surface area contributed by atoms with Crippen LogP contribution in [0.4, 0.5) is 0 Å². The van der Waals surface area contributed by atoms with Gasteiger partial charge in [0.15, 0.2) is 5.78 Å². The number of hydrogen-bond acceptors (Lipinski definition) is 2. The standard InChI is InChI=1S/C14H11ClOS/c1-17-13-4-2-3-11(9-13)14(16)10-5-7-12(15)8-6-10/h2-9H,1H3. The second kappa shape index (κ2) is 5.39. The topological polar surface area (TPSA) is 17.1 Å². The molecule has 86 valence electrons. The Bertz CT molecular complexity index is 534. The summed E-state index contributed by atoms with van der Waals surface area (Å²) in [6.45, 7) is 0. The fraction of sp³-hybridized carbons (Fsp3) is 0.0714. The first-order valence-corrected chi connectivity index (χ1v) is 6.75. The first kappa shape index (κ1) is 12.2. The largest absolute Gasteiger partial charge is 0.289 e. The summed E-state index contributed by atoms with van der Waals surface area (Å²) >= 11 is 7.42. The SMILES string of the molecule is CSc1cccc(C(=O)c2ccc(Cl)cc2)c1. The molecule has 0 fully saturated rings. The molecule has 0 aromatic heterocycles. The van der Waals surface area contributed by atoms with Gasteiger partial charge in [0.25, 0.3) is 0 Å². The molecule has 2 aromatic carbocycles. The molecule has 0 bridgehead atoms. The maximum absolute atomic E-state index is 12.2. The lowest BCUT2D eigenvalue weighted by atomic mass is 10.0. The van der Waals surface area contributed by atoms with E-state index in [-0.39, 0.29) is 5.78 Å². The van der Waals surface area contributed by atoms with Crippen LogP contribution in [0.3, 0.4) is 0 Å². The van der Waals surface area contributed by atoms with Crippen molar-refractivity contribution in [1.82, 2.24) is 0 Å². The van der Waals surface area contributed by atoms with E-state index in [4.69, 9.17) is 11.6 Å². The van der Waals surface area contributed by atoms with Gasteiger partial charge in [-0.2, -0.15) is 0 Å². The fourth-order valence-electron chi connectivity index (χ4n) is 1.53. The summed E-state index contributed by atoms with van der Waals surface area (Å²) in [5.41, 5.74) is 1.37. The van der Waals surface area contributed by atoms with Crippen LogP contribution in [0.2, 0.25) is 5.02 Å². The lowest BCUT2D eigenvalue weighted by Crippen LogP contribution is -2.00. The number of hydrogen-bond donors (Lipinski definition) is 0. The predicted molar refractivity (Wildman–Crippen MR) is 73.1 cm³/mol. The molecule has 0 saturated carbocycles. The minimum atomic E-state index is 0.0255. The smallest absolute Gasteiger partial charge is 0.193 e. The number of carbonyl (C=O) groups excluding carboxylic acids is 1. The van der Waals surface area contributed by atoms with Gasteiger partial charge in [0.1, 0.15) is 0 Å². The van der Waals surface area contributed by atoms with E-state index in [9.17, 15) is 4.79 Å². The lowest BCUT2D eigenvalue weighted by Gasteiger charge is -2.03. The Labute approximate surface area is 110 Å². The van der Waals surface area contributed by atoms with Crippen LogP contribution < -0.4 is 0 Å². The Morgan fingerprint density at radius 3 is 2.41 bits per heavy atom. The molecule has 0 unspecified atom stereocenters. The van der Waals surface area contributed by atoms with Crippen molar-refractivity contribution in [3.8, 4) is 0 Å². The maximum atomic E-state index is 12.2. The minimum absolute atomic E-state index is 0.0255. The van der Waals surface area contributed by atoms with Crippen LogP contribution in [0.15, 0.2) is 53.4 Å². The number of ketones is 1. The first-order valence-electron chi connectivity index (χ1n) is 5.15. The monoisotopic (exact) mass is 262 g/mol. The number of halogens is 1. The molecule has 0 N–H and O–H groups in total. The lowest BCUT2D eigenvalue weighted by molar-refractivity contribution is 0.103. The molecule has 0 aliphatic heterocycles. The zero-order valence-electron chi connectivity index (χ0n) is 9.31. The summed E-state index contributed by atoms with van der Waals surface area (Å²) in [6, 6.07) is 14.6. The van der Waals surface area contributed by atoms with Gasteiger partial charge in [-0.05, 0) is 42.7 Å². The second-order valence-corrected chi connectivity index (χ2v) is 4.88. The van der Waals surface area contributed by atoms with E-state index >= 15 is 0 Å². The average Bonchev–Trinajstić information content (AvgIpc) is 2.39. The fourth-order valence-corrected chi connectivity index (χ4v) is 2.12. The van der Waals surface area contributed by atoms with E-state index in [2.05, 4.69) is 0 Å². The second-order valence-electron chi connectivity index (χ2n) is 3.57. The highest BCUT2D eigenvalue weighted by Crippen LogP contribution is 2.19. The van der Waals surface area contributed by atoms with Crippen molar-refractivity contribution < 1.29 is 4.79 Å². The molecule has 3 heteroatoms. The normalized spacial score (nSPS) is 10.2. The highest BCUT2D eigenvalue weighted by atomic mass is 35.5. The molecule has 0 aliphatic rings. The van der Waals surface area contributed by atoms with Crippen molar-refractivity contribution in [1.29, 1.82) is 0 Å². The van der Waals surface area contributed by atoms with Crippen molar-refractivity contribution in [2.75, 3.05) is 6.26 Å². The first-order chi connectivity index (χ1) is 8.20. The molecule has 1 nitrogen and oxygen atoms in total. The van der Waals surface area contributed by atoms with Crippen LogP contribution in [0.5, 0.6) is 0 Å². The van der Waals surface area contributed by atoms with E-state index in [1.165, 1.54) is 0 Å². The Kier molecular flexibility index (Phi) is 3.87. The van der Waals surface area contributed by atoms with Crippen LogP contribution in [-0.4, -0.2) is 12.0 Å². The van der Waals surface area contributed by atoms with Gasteiger partial charge in [-0.3, -0.25) is 4.79 Å². The quantitative estimate of drug-likeness (QED) is 0.606.